The van der Waals surface area contributed by atoms with Crippen LogP contribution in [0.25, 0.3) is 10.9 Å². The number of fused-ring (bicyclic) bond motifs is 1. The van der Waals surface area contributed by atoms with E-state index in [2.05, 4.69) is 26.2 Å². The van der Waals surface area contributed by atoms with Crippen LogP contribution in [0.1, 0.15) is 22.8 Å². The highest BCUT2D eigenvalue weighted by Gasteiger charge is 2.17. The number of nitrogens with zero attached hydrogens (tertiary/aromatic N) is 1. The highest BCUT2D eigenvalue weighted by molar-refractivity contribution is 9.10. The number of aromatic amines is 1. The third-order valence-electron chi connectivity index (χ3n) is 3.95. The van der Waals surface area contributed by atoms with Crippen LogP contribution in [-0.4, -0.2) is 21.9 Å². The van der Waals surface area contributed by atoms with Crippen molar-refractivity contribution < 1.29 is 9.72 Å². The highest BCUT2D eigenvalue weighted by Crippen LogP contribution is 2.23. The van der Waals surface area contributed by atoms with Gasteiger partial charge < -0.3 is 10.3 Å². The maximum Gasteiger partial charge on any atom is 0.270 e. The molecule has 1 heterocycles. The molecule has 2 N–H and O–H groups in total. The summed E-state index contributed by atoms with van der Waals surface area (Å²) in [7, 11) is 0. The van der Waals surface area contributed by atoms with Gasteiger partial charge in [-0.25, -0.2) is 0 Å². The number of rotatable bonds is 5. The number of hydrogen-bond donors (Lipinski definition) is 2. The molecule has 0 radical (unpaired) electrons. The van der Waals surface area contributed by atoms with E-state index in [1.807, 2.05) is 31.2 Å². The molecule has 0 fully saturated rings. The zero-order valence-corrected chi connectivity index (χ0v) is 15.0. The van der Waals surface area contributed by atoms with Crippen molar-refractivity contribution in [3.63, 3.8) is 0 Å². The maximum atomic E-state index is 12.5. The number of nitrogens with one attached hydrogen (secondary N) is 2. The van der Waals surface area contributed by atoms with E-state index in [-0.39, 0.29) is 17.6 Å². The summed E-state index contributed by atoms with van der Waals surface area (Å²) in [6.07, 6.45) is 2.28. The number of aromatic nitrogens is 1. The molecule has 0 aliphatic heterocycles. The van der Waals surface area contributed by atoms with Crippen LogP contribution < -0.4 is 5.32 Å². The van der Waals surface area contributed by atoms with Gasteiger partial charge in [-0.2, -0.15) is 0 Å². The Labute approximate surface area is 152 Å². The molecule has 0 aliphatic carbocycles. The lowest BCUT2D eigenvalue weighted by Gasteiger charge is -2.14. The Morgan fingerprint density at radius 3 is 2.68 bits per heavy atom. The van der Waals surface area contributed by atoms with E-state index in [4.69, 9.17) is 0 Å². The van der Waals surface area contributed by atoms with Gasteiger partial charge >= 0.3 is 0 Å². The van der Waals surface area contributed by atoms with Gasteiger partial charge in [-0.1, -0.05) is 28.1 Å². The smallest absolute Gasteiger partial charge is 0.270 e. The monoisotopic (exact) mass is 401 g/mol. The second-order valence-electron chi connectivity index (χ2n) is 5.89. The minimum Gasteiger partial charge on any atom is -0.360 e. The van der Waals surface area contributed by atoms with Gasteiger partial charge in [-0.3, -0.25) is 14.9 Å². The summed E-state index contributed by atoms with van der Waals surface area (Å²) >= 11 is 3.40. The molecule has 0 aliphatic rings. The van der Waals surface area contributed by atoms with Gasteiger partial charge in [0.1, 0.15) is 0 Å². The quantitative estimate of drug-likeness (QED) is 0.495. The van der Waals surface area contributed by atoms with Crippen molar-refractivity contribution in [3.05, 3.63) is 74.4 Å². The Kier molecular flexibility index (Phi) is 4.85. The van der Waals surface area contributed by atoms with Crippen LogP contribution in [0, 0.1) is 10.1 Å². The lowest BCUT2D eigenvalue weighted by molar-refractivity contribution is -0.384. The molecular weight excluding hydrogens is 386 g/mol. The summed E-state index contributed by atoms with van der Waals surface area (Å²) in [6.45, 7) is 1.93. The van der Waals surface area contributed by atoms with Crippen molar-refractivity contribution in [3.8, 4) is 0 Å². The van der Waals surface area contributed by atoms with E-state index >= 15 is 0 Å². The predicted octanol–water partition coefficient (Wildman–Crippen LogP) is 4.20. The SMILES string of the molecule is CC(Cc1ccc(Br)cc1)NC(=O)c1c[nH]c2ccc([N+](=O)[O-])cc12. The van der Waals surface area contributed by atoms with Crippen molar-refractivity contribution in [2.45, 2.75) is 19.4 Å². The average molecular weight is 402 g/mol. The number of H-pyrrole nitrogens is 1. The summed E-state index contributed by atoms with van der Waals surface area (Å²) < 4.78 is 1.01. The molecule has 1 atom stereocenters. The van der Waals surface area contributed by atoms with Gasteiger partial charge in [0.05, 0.1) is 10.5 Å². The van der Waals surface area contributed by atoms with Gasteiger partial charge in [0.2, 0.25) is 0 Å². The Balaban J connectivity index is 1.76. The Bertz CT molecular complexity index is 934. The average Bonchev–Trinajstić information content (AvgIpc) is 3.00. The minimum absolute atomic E-state index is 0.0379. The Hall–Kier alpha value is -2.67. The van der Waals surface area contributed by atoms with Crippen molar-refractivity contribution in [1.82, 2.24) is 10.3 Å². The molecule has 0 bridgehead atoms. The van der Waals surface area contributed by atoms with E-state index in [0.717, 1.165) is 10.0 Å². The first-order valence-corrected chi connectivity index (χ1v) is 8.54. The number of nitro benzene ring substituents is 1. The zero-order chi connectivity index (χ0) is 18.0. The molecule has 1 amide bonds. The van der Waals surface area contributed by atoms with Gasteiger partial charge in [0.15, 0.2) is 0 Å². The van der Waals surface area contributed by atoms with E-state index in [1.165, 1.54) is 12.1 Å². The summed E-state index contributed by atoms with van der Waals surface area (Å²) in [5.74, 6) is -0.253. The van der Waals surface area contributed by atoms with E-state index in [1.54, 1.807) is 12.3 Å². The van der Waals surface area contributed by atoms with Crippen LogP contribution in [0.15, 0.2) is 53.1 Å². The summed E-state index contributed by atoms with van der Waals surface area (Å²) in [5.41, 5.74) is 2.17. The number of carbonyl (C=O) groups excluding carboxylic acids is 1. The number of non-ortho nitro benzene ring substituents is 1. The molecule has 2 aromatic carbocycles. The topological polar surface area (TPSA) is 88.0 Å². The molecule has 1 aromatic heterocycles. The number of amides is 1. The van der Waals surface area contributed by atoms with Crippen LogP contribution >= 0.6 is 15.9 Å². The van der Waals surface area contributed by atoms with Crippen molar-refractivity contribution in [1.29, 1.82) is 0 Å². The number of hydrogen-bond acceptors (Lipinski definition) is 3. The van der Waals surface area contributed by atoms with Crippen molar-refractivity contribution in [2.75, 3.05) is 0 Å². The van der Waals surface area contributed by atoms with E-state index in [0.29, 0.717) is 22.9 Å². The fourth-order valence-electron chi connectivity index (χ4n) is 2.74. The van der Waals surface area contributed by atoms with Crippen LogP contribution in [0.4, 0.5) is 5.69 Å². The zero-order valence-electron chi connectivity index (χ0n) is 13.5. The van der Waals surface area contributed by atoms with Gasteiger partial charge in [0.25, 0.3) is 11.6 Å². The van der Waals surface area contributed by atoms with Gasteiger partial charge in [0, 0.05) is 39.7 Å². The van der Waals surface area contributed by atoms with E-state index < -0.39 is 4.92 Å². The minimum atomic E-state index is -0.468. The summed E-state index contributed by atoms with van der Waals surface area (Å²) in [5, 5.41) is 14.4. The first-order chi connectivity index (χ1) is 11.9. The summed E-state index contributed by atoms with van der Waals surface area (Å²) in [4.78, 5) is 26.0. The Morgan fingerprint density at radius 2 is 2.00 bits per heavy atom. The third kappa shape index (κ3) is 3.88. The standard InChI is InChI=1S/C18H16BrN3O3/c1-11(8-12-2-4-13(19)5-3-12)21-18(23)16-10-20-17-7-6-14(22(24)25)9-15(16)17/h2-7,9-11,20H,8H2,1H3,(H,21,23). The third-order valence-corrected chi connectivity index (χ3v) is 4.48. The number of benzene rings is 2. The van der Waals surface area contributed by atoms with Crippen molar-refractivity contribution in [2.24, 2.45) is 0 Å². The predicted molar refractivity (Wildman–Crippen MR) is 99.7 cm³/mol. The first-order valence-electron chi connectivity index (χ1n) is 7.75. The molecule has 7 heteroatoms. The first kappa shape index (κ1) is 17.2. The summed E-state index contributed by atoms with van der Waals surface area (Å²) in [6, 6.07) is 12.3. The molecule has 128 valence electrons. The van der Waals surface area contributed by atoms with E-state index in [9.17, 15) is 14.9 Å². The molecule has 25 heavy (non-hydrogen) atoms. The lowest BCUT2D eigenvalue weighted by Crippen LogP contribution is -2.33. The Morgan fingerprint density at radius 1 is 1.28 bits per heavy atom. The van der Waals surface area contributed by atoms with Crippen molar-refractivity contribution >= 4 is 38.4 Å². The van der Waals surface area contributed by atoms with Crippen LogP contribution in [0.2, 0.25) is 0 Å². The van der Waals surface area contributed by atoms with Crippen LogP contribution in [0.3, 0.4) is 0 Å². The second-order valence-corrected chi connectivity index (χ2v) is 6.81. The molecule has 0 saturated carbocycles. The number of nitro groups is 1. The molecule has 3 rings (SSSR count). The number of carbonyl (C=O) groups is 1. The molecule has 0 spiro atoms. The van der Waals surface area contributed by atoms with Gasteiger partial charge in [-0.15, -0.1) is 0 Å². The van der Waals surface area contributed by atoms with Crippen LogP contribution in [0.5, 0.6) is 0 Å². The fourth-order valence-corrected chi connectivity index (χ4v) is 3.00. The maximum absolute atomic E-state index is 12.5. The highest BCUT2D eigenvalue weighted by atomic mass is 79.9. The fraction of sp³-hybridized carbons (Fsp3) is 0.167. The largest absolute Gasteiger partial charge is 0.360 e. The molecular formula is C18H16BrN3O3. The number of halogens is 1. The van der Waals surface area contributed by atoms with Gasteiger partial charge in [-0.05, 0) is 37.1 Å². The van der Waals surface area contributed by atoms with Crippen LogP contribution in [-0.2, 0) is 6.42 Å². The molecule has 6 nitrogen and oxygen atoms in total. The molecule has 1 unspecified atom stereocenters. The molecule has 0 saturated heterocycles. The molecule has 3 aromatic rings. The second kappa shape index (κ2) is 7.06. The normalized spacial score (nSPS) is 12.1. The lowest BCUT2D eigenvalue weighted by atomic mass is 10.1.